The Balaban J connectivity index is 2.31. The minimum atomic E-state index is 0.160. The van der Waals surface area contributed by atoms with Gasteiger partial charge in [-0.25, -0.2) is 0 Å². The lowest BCUT2D eigenvalue weighted by molar-refractivity contribution is 0.468. The minimum Gasteiger partial charge on any atom is -0.457 e. The lowest BCUT2D eigenvalue weighted by Gasteiger charge is -2.16. The van der Waals surface area contributed by atoms with E-state index in [9.17, 15) is 0 Å². The maximum atomic E-state index is 6.14. The van der Waals surface area contributed by atoms with Crippen molar-refractivity contribution in [3.63, 3.8) is 0 Å². The second kappa shape index (κ2) is 7.10. The third kappa shape index (κ3) is 4.32. The fourth-order valence-corrected chi connectivity index (χ4v) is 2.59. The van der Waals surface area contributed by atoms with Crippen LogP contribution in [0.1, 0.15) is 30.0 Å². The summed E-state index contributed by atoms with van der Waals surface area (Å²) in [5, 5.41) is 0. The summed E-state index contributed by atoms with van der Waals surface area (Å²) in [6.07, 6.45) is 1.78. The summed E-state index contributed by atoms with van der Waals surface area (Å²) < 4.78 is 7.15. The molecule has 0 heterocycles. The lowest BCUT2D eigenvalue weighted by atomic mass is 10.0. The van der Waals surface area contributed by atoms with E-state index >= 15 is 0 Å². The molecular formula is C18H22BrNO. The lowest BCUT2D eigenvalue weighted by Crippen LogP contribution is -2.21. The highest BCUT2D eigenvalue weighted by molar-refractivity contribution is 9.10. The molecular weight excluding hydrogens is 326 g/mol. The smallest absolute Gasteiger partial charge is 0.131 e. The first kappa shape index (κ1) is 16.1. The molecule has 3 heteroatoms. The van der Waals surface area contributed by atoms with Crippen molar-refractivity contribution in [3.05, 3.63) is 57.6 Å². The van der Waals surface area contributed by atoms with Gasteiger partial charge >= 0.3 is 0 Å². The first-order valence-corrected chi connectivity index (χ1v) is 8.08. The third-order valence-corrected chi connectivity index (χ3v) is 4.08. The summed E-state index contributed by atoms with van der Waals surface area (Å²) in [7, 11) is 0. The van der Waals surface area contributed by atoms with Crippen LogP contribution in [0.4, 0.5) is 0 Å². The van der Waals surface area contributed by atoms with Crippen molar-refractivity contribution in [1.29, 1.82) is 0 Å². The number of ether oxygens (including phenoxy) is 1. The largest absolute Gasteiger partial charge is 0.457 e. The molecule has 21 heavy (non-hydrogen) atoms. The van der Waals surface area contributed by atoms with Gasteiger partial charge in [0.05, 0.1) is 0 Å². The van der Waals surface area contributed by atoms with E-state index in [4.69, 9.17) is 10.5 Å². The third-order valence-electron chi connectivity index (χ3n) is 3.59. The number of benzene rings is 2. The predicted octanol–water partition coefficient (Wildman–Crippen LogP) is 5.14. The Kier molecular flexibility index (Phi) is 5.43. The molecule has 0 amide bonds. The zero-order chi connectivity index (χ0) is 15.4. The van der Waals surface area contributed by atoms with E-state index in [1.807, 2.05) is 18.2 Å². The molecule has 2 N–H and O–H groups in total. The van der Waals surface area contributed by atoms with Crippen molar-refractivity contribution in [3.8, 4) is 11.5 Å². The van der Waals surface area contributed by atoms with Crippen molar-refractivity contribution in [2.45, 2.75) is 39.7 Å². The molecule has 1 atom stereocenters. The maximum Gasteiger partial charge on any atom is 0.131 e. The molecule has 0 aliphatic rings. The van der Waals surface area contributed by atoms with E-state index in [1.165, 1.54) is 5.56 Å². The van der Waals surface area contributed by atoms with Crippen molar-refractivity contribution in [1.82, 2.24) is 0 Å². The topological polar surface area (TPSA) is 35.2 Å². The number of rotatable bonds is 5. The minimum absolute atomic E-state index is 0.160. The van der Waals surface area contributed by atoms with Crippen molar-refractivity contribution in [2.24, 2.45) is 5.73 Å². The van der Waals surface area contributed by atoms with Gasteiger partial charge in [0.15, 0.2) is 0 Å². The van der Waals surface area contributed by atoms with Gasteiger partial charge < -0.3 is 10.5 Å². The molecule has 0 radical (unpaired) electrons. The monoisotopic (exact) mass is 347 g/mol. The first-order chi connectivity index (χ1) is 9.99. The van der Waals surface area contributed by atoms with Gasteiger partial charge in [0.1, 0.15) is 11.5 Å². The predicted molar refractivity (Wildman–Crippen MR) is 92.1 cm³/mol. The quantitative estimate of drug-likeness (QED) is 0.812. The molecule has 0 saturated carbocycles. The van der Waals surface area contributed by atoms with Gasteiger partial charge in [-0.05, 0) is 56.0 Å². The summed E-state index contributed by atoms with van der Waals surface area (Å²) in [5.41, 5.74) is 9.61. The fraction of sp³-hybridized carbons (Fsp3) is 0.333. The molecule has 0 spiro atoms. The van der Waals surface area contributed by atoms with Crippen LogP contribution in [0.15, 0.2) is 40.9 Å². The normalized spacial score (nSPS) is 12.2. The van der Waals surface area contributed by atoms with Crippen molar-refractivity contribution >= 4 is 15.9 Å². The summed E-state index contributed by atoms with van der Waals surface area (Å²) in [6.45, 7) is 6.26. The van der Waals surface area contributed by atoms with Crippen molar-refractivity contribution in [2.75, 3.05) is 0 Å². The van der Waals surface area contributed by atoms with Crippen LogP contribution < -0.4 is 10.5 Å². The number of nitrogens with two attached hydrogens (primary N) is 1. The first-order valence-electron chi connectivity index (χ1n) is 7.28. The van der Waals surface area contributed by atoms with Gasteiger partial charge in [-0.15, -0.1) is 0 Å². The van der Waals surface area contributed by atoms with Crippen LogP contribution in [0, 0.1) is 13.8 Å². The van der Waals surface area contributed by atoms with E-state index in [1.54, 1.807) is 0 Å². The van der Waals surface area contributed by atoms with Gasteiger partial charge in [0.25, 0.3) is 0 Å². The summed E-state index contributed by atoms with van der Waals surface area (Å²) in [4.78, 5) is 0. The number of hydrogen-bond acceptors (Lipinski definition) is 2. The standard InChI is InChI=1S/C18H22BrNO/c1-4-16(20)10-14-6-7-15(19)11-18(14)21-17-8-5-12(2)9-13(17)3/h5-9,11,16H,4,10,20H2,1-3H3. The Hall–Kier alpha value is -1.32. The Morgan fingerprint density at radius 3 is 2.52 bits per heavy atom. The molecule has 2 aromatic carbocycles. The summed E-state index contributed by atoms with van der Waals surface area (Å²) >= 11 is 3.51. The molecule has 0 aliphatic carbocycles. The Morgan fingerprint density at radius 2 is 1.86 bits per heavy atom. The van der Waals surface area contributed by atoms with Crippen LogP contribution in [0.5, 0.6) is 11.5 Å². The van der Waals surface area contributed by atoms with Gasteiger partial charge in [-0.3, -0.25) is 0 Å². The molecule has 1 unspecified atom stereocenters. The molecule has 0 aromatic heterocycles. The van der Waals surface area contributed by atoms with Gasteiger partial charge in [-0.1, -0.05) is 46.6 Å². The molecule has 0 aliphatic heterocycles. The van der Waals surface area contributed by atoms with E-state index in [-0.39, 0.29) is 6.04 Å². The highest BCUT2D eigenvalue weighted by Crippen LogP contribution is 2.31. The average Bonchev–Trinajstić information content (AvgIpc) is 2.44. The highest BCUT2D eigenvalue weighted by atomic mass is 79.9. The SMILES string of the molecule is CCC(N)Cc1ccc(Br)cc1Oc1ccc(C)cc1C. The van der Waals surface area contributed by atoms with Crippen LogP contribution in [-0.2, 0) is 6.42 Å². The Morgan fingerprint density at radius 1 is 1.10 bits per heavy atom. The molecule has 0 saturated heterocycles. The van der Waals surface area contributed by atoms with E-state index in [0.717, 1.165) is 39.9 Å². The van der Waals surface area contributed by atoms with Crippen LogP contribution >= 0.6 is 15.9 Å². The molecule has 2 rings (SSSR count). The highest BCUT2D eigenvalue weighted by Gasteiger charge is 2.11. The van der Waals surface area contributed by atoms with E-state index in [0.29, 0.717) is 0 Å². The van der Waals surface area contributed by atoms with Gasteiger partial charge in [0.2, 0.25) is 0 Å². The summed E-state index contributed by atoms with van der Waals surface area (Å²) in [6, 6.07) is 12.5. The zero-order valence-electron chi connectivity index (χ0n) is 12.8. The second-order valence-electron chi connectivity index (χ2n) is 5.50. The summed E-state index contributed by atoms with van der Waals surface area (Å²) in [5.74, 6) is 1.77. The van der Waals surface area contributed by atoms with Crippen LogP contribution in [-0.4, -0.2) is 6.04 Å². The van der Waals surface area contributed by atoms with Crippen LogP contribution in [0.2, 0.25) is 0 Å². The molecule has 0 fully saturated rings. The average molecular weight is 348 g/mol. The maximum absolute atomic E-state index is 6.14. The molecule has 2 nitrogen and oxygen atoms in total. The number of hydrogen-bond donors (Lipinski definition) is 1. The zero-order valence-corrected chi connectivity index (χ0v) is 14.4. The molecule has 0 bridgehead atoms. The second-order valence-corrected chi connectivity index (χ2v) is 6.41. The van der Waals surface area contributed by atoms with Gasteiger partial charge in [0, 0.05) is 10.5 Å². The Labute approximate surface area is 135 Å². The van der Waals surface area contributed by atoms with E-state index in [2.05, 4.69) is 54.9 Å². The Bertz CT molecular complexity index is 625. The molecule has 112 valence electrons. The number of aryl methyl sites for hydroxylation is 2. The van der Waals surface area contributed by atoms with Crippen molar-refractivity contribution < 1.29 is 4.74 Å². The van der Waals surface area contributed by atoms with Gasteiger partial charge in [-0.2, -0.15) is 0 Å². The fourth-order valence-electron chi connectivity index (χ4n) is 2.25. The van der Waals surface area contributed by atoms with Crippen LogP contribution in [0.3, 0.4) is 0 Å². The van der Waals surface area contributed by atoms with E-state index < -0.39 is 0 Å². The van der Waals surface area contributed by atoms with Crippen LogP contribution in [0.25, 0.3) is 0 Å². The molecule has 2 aromatic rings. The number of halogens is 1.